The monoisotopic (exact) mass is 332 g/mol. The highest BCUT2D eigenvalue weighted by molar-refractivity contribution is 5.95. The van der Waals surface area contributed by atoms with Crippen LogP contribution in [0.5, 0.6) is 0 Å². The summed E-state index contributed by atoms with van der Waals surface area (Å²) in [4.78, 5) is 27.5. The molecule has 24 heavy (non-hydrogen) atoms. The number of likely N-dealkylation sites (tertiary alicyclic amines) is 1. The van der Waals surface area contributed by atoms with E-state index in [4.69, 9.17) is 0 Å². The molecule has 0 atom stereocenters. The van der Waals surface area contributed by atoms with Gasteiger partial charge in [0, 0.05) is 12.7 Å². The lowest BCUT2D eigenvalue weighted by molar-refractivity contribution is -0.891. The Kier molecular flexibility index (Phi) is 6.79. The van der Waals surface area contributed by atoms with E-state index >= 15 is 0 Å². The minimum atomic E-state index is -0.144. The molecule has 0 aromatic heterocycles. The Morgan fingerprint density at radius 3 is 2.25 bits per heavy atom. The summed E-state index contributed by atoms with van der Waals surface area (Å²) in [5.74, 6) is -0.0994. The third-order valence-corrected chi connectivity index (χ3v) is 4.76. The molecule has 2 rings (SSSR count). The molecule has 0 saturated carbocycles. The number of quaternary nitrogens is 1. The highest BCUT2D eigenvalue weighted by atomic mass is 16.2. The van der Waals surface area contributed by atoms with Gasteiger partial charge in [-0.2, -0.15) is 0 Å². The minimum absolute atomic E-state index is 0.0450. The zero-order valence-electron chi connectivity index (χ0n) is 15.2. The fourth-order valence-electron chi connectivity index (χ4n) is 3.25. The Morgan fingerprint density at radius 2 is 1.67 bits per heavy atom. The lowest BCUT2D eigenvalue weighted by atomic mass is 10.1. The molecule has 1 aromatic carbocycles. The summed E-state index contributed by atoms with van der Waals surface area (Å²) in [6.07, 6.45) is 4.93. The maximum atomic E-state index is 12.4. The Balaban J connectivity index is 1.85. The summed E-state index contributed by atoms with van der Waals surface area (Å²) in [6.45, 7) is 6.66. The molecule has 5 nitrogen and oxygen atoms in total. The number of anilines is 1. The van der Waals surface area contributed by atoms with E-state index in [0.717, 1.165) is 29.9 Å². The molecule has 2 N–H and O–H groups in total. The van der Waals surface area contributed by atoms with Gasteiger partial charge in [0.25, 0.3) is 5.91 Å². The zero-order chi connectivity index (χ0) is 17.5. The quantitative estimate of drug-likeness (QED) is 0.850. The average molecular weight is 332 g/mol. The van der Waals surface area contributed by atoms with E-state index < -0.39 is 0 Å². The van der Waals surface area contributed by atoms with Gasteiger partial charge in [-0.3, -0.25) is 9.59 Å². The molecule has 1 aliphatic heterocycles. The lowest BCUT2D eigenvalue weighted by Gasteiger charge is -2.21. The number of aryl methyl sites for hydroxylation is 2. The van der Waals surface area contributed by atoms with Crippen LogP contribution in [-0.2, 0) is 9.59 Å². The predicted octanol–water partition coefficient (Wildman–Crippen LogP) is 1.16. The maximum Gasteiger partial charge on any atom is 0.277 e. The van der Waals surface area contributed by atoms with Crippen molar-refractivity contribution in [2.24, 2.45) is 0 Å². The fraction of sp³-hybridized carbons (Fsp3) is 0.579. The van der Waals surface area contributed by atoms with Crippen molar-refractivity contribution in [1.82, 2.24) is 4.90 Å². The van der Waals surface area contributed by atoms with Gasteiger partial charge in [-0.1, -0.05) is 18.2 Å². The smallest absolute Gasteiger partial charge is 0.277 e. The molecular formula is C19H30N3O2+. The lowest BCUT2D eigenvalue weighted by Crippen LogP contribution is -3.13. The molecule has 0 unspecified atom stereocenters. The van der Waals surface area contributed by atoms with Crippen molar-refractivity contribution in [1.29, 1.82) is 0 Å². The van der Waals surface area contributed by atoms with Gasteiger partial charge in [-0.05, 0) is 50.7 Å². The van der Waals surface area contributed by atoms with E-state index in [1.165, 1.54) is 30.6 Å². The summed E-state index contributed by atoms with van der Waals surface area (Å²) < 4.78 is 0. The standard InChI is InChI=1S/C19H29N3O2/c1-15-9-8-10-16(2)19(15)20-17(23)13-21(3)18(24)14-22-11-6-4-5-7-12-22/h8-10H,4-7,11-14H2,1-3H3,(H,20,23)/p+1. The first-order valence-electron chi connectivity index (χ1n) is 8.91. The van der Waals surface area contributed by atoms with Crippen molar-refractivity contribution in [2.45, 2.75) is 39.5 Å². The van der Waals surface area contributed by atoms with Crippen LogP contribution in [0.3, 0.4) is 0 Å². The molecule has 1 aliphatic rings. The van der Waals surface area contributed by atoms with Crippen LogP contribution < -0.4 is 10.2 Å². The number of rotatable bonds is 5. The van der Waals surface area contributed by atoms with Crippen LogP contribution in [0.15, 0.2) is 18.2 Å². The first-order valence-corrected chi connectivity index (χ1v) is 8.91. The summed E-state index contributed by atoms with van der Waals surface area (Å²) >= 11 is 0. The van der Waals surface area contributed by atoms with E-state index in [1.54, 1.807) is 11.9 Å². The molecule has 1 fully saturated rings. The molecule has 1 aromatic rings. The molecule has 1 heterocycles. The van der Waals surface area contributed by atoms with Crippen LogP contribution >= 0.6 is 0 Å². The van der Waals surface area contributed by atoms with E-state index in [-0.39, 0.29) is 18.4 Å². The Morgan fingerprint density at radius 1 is 1.08 bits per heavy atom. The van der Waals surface area contributed by atoms with Crippen LogP contribution in [0.1, 0.15) is 36.8 Å². The van der Waals surface area contributed by atoms with Crippen molar-refractivity contribution < 1.29 is 14.5 Å². The second-order valence-electron chi connectivity index (χ2n) is 6.91. The minimum Gasteiger partial charge on any atom is -0.332 e. The van der Waals surface area contributed by atoms with Crippen molar-refractivity contribution in [3.05, 3.63) is 29.3 Å². The normalized spacial score (nSPS) is 15.6. The van der Waals surface area contributed by atoms with Crippen LogP contribution in [0.2, 0.25) is 0 Å². The first-order chi connectivity index (χ1) is 11.5. The number of likely N-dealkylation sites (N-methyl/N-ethyl adjacent to an activating group) is 1. The van der Waals surface area contributed by atoms with Gasteiger partial charge in [0.1, 0.15) is 0 Å². The van der Waals surface area contributed by atoms with E-state index in [0.29, 0.717) is 6.54 Å². The van der Waals surface area contributed by atoms with Gasteiger partial charge >= 0.3 is 0 Å². The highest BCUT2D eigenvalue weighted by Gasteiger charge is 2.20. The predicted molar refractivity (Wildman–Crippen MR) is 96.2 cm³/mol. The van der Waals surface area contributed by atoms with Crippen molar-refractivity contribution in [2.75, 3.05) is 38.5 Å². The number of hydrogen-bond acceptors (Lipinski definition) is 2. The Bertz CT molecular complexity index is 558. The number of amides is 2. The Labute approximate surface area is 145 Å². The molecule has 2 amide bonds. The van der Waals surface area contributed by atoms with Crippen molar-refractivity contribution >= 4 is 17.5 Å². The summed E-state index contributed by atoms with van der Waals surface area (Å²) in [7, 11) is 1.71. The van der Waals surface area contributed by atoms with Crippen LogP contribution in [0.4, 0.5) is 5.69 Å². The maximum absolute atomic E-state index is 12.4. The number of nitrogens with zero attached hydrogens (tertiary/aromatic N) is 1. The van der Waals surface area contributed by atoms with E-state index in [2.05, 4.69) is 5.32 Å². The second kappa shape index (κ2) is 8.83. The molecule has 0 spiro atoms. The third-order valence-electron chi connectivity index (χ3n) is 4.76. The fourth-order valence-corrected chi connectivity index (χ4v) is 3.25. The average Bonchev–Trinajstić information content (AvgIpc) is 2.79. The van der Waals surface area contributed by atoms with Crippen molar-refractivity contribution in [3.8, 4) is 0 Å². The molecule has 1 saturated heterocycles. The van der Waals surface area contributed by atoms with E-state index in [9.17, 15) is 9.59 Å². The second-order valence-corrected chi connectivity index (χ2v) is 6.91. The van der Waals surface area contributed by atoms with Gasteiger partial charge in [-0.25, -0.2) is 0 Å². The number of carbonyl (C=O) groups is 2. The molecular weight excluding hydrogens is 302 g/mol. The van der Waals surface area contributed by atoms with Crippen molar-refractivity contribution in [3.63, 3.8) is 0 Å². The Hall–Kier alpha value is -1.88. The molecule has 0 bridgehead atoms. The highest BCUT2D eigenvalue weighted by Crippen LogP contribution is 2.19. The van der Waals surface area contributed by atoms with Gasteiger partial charge in [0.05, 0.1) is 19.6 Å². The van der Waals surface area contributed by atoms with Crippen LogP contribution in [0, 0.1) is 13.8 Å². The summed E-state index contributed by atoms with van der Waals surface area (Å²) in [5.41, 5.74) is 2.92. The third kappa shape index (κ3) is 5.34. The number of benzene rings is 1. The SMILES string of the molecule is Cc1cccc(C)c1NC(=O)CN(C)C(=O)C[NH+]1CCCCCC1. The number of nitrogens with one attached hydrogen (secondary N) is 2. The zero-order valence-corrected chi connectivity index (χ0v) is 15.2. The topological polar surface area (TPSA) is 53.9 Å². The number of para-hydroxylation sites is 1. The van der Waals surface area contributed by atoms with Gasteiger partial charge < -0.3 is 15.1 Å². The van der Waals surface area contributed by atoms with Gasteiger partial charge in [0.15, 0.2) is 6.54 Å². The molecule has 5 heteroatoms. The first kappa shape index (κ1) is 18.5. The van der Waals surface area contributed by atoms with Gasteiger partial charge in [0.2, 0.25) is 5.91 Å². The largest absolute Gasteiger partial charge is 0.332 e. The molecule has 0 radical (unpaired) electrons. The van der Waals surface area contributed by atoms with Gasteiger partial charge in [-0.15, -0.1) is 0 Å². The molecule has 0 aliphatic carbocycles. The van der Waals surface area contributed by atoms with Crippen LogP contribution in [-0.4, -0.2) is 49.9 Å². The van der Waals surface area contributed by atoms with Crippen LogP contribution in [0.25, 0.3) is 0 Å². The molecule has 132 valence electrons. The number of carbonyl (C=O) groups excluding carboxylic acids is 2. The van der Waals surface area contributed by atoms with E-state index in [1.807, 2.05) is 32.0 Å². The summed E-state index contributed by atoms with van der Waals surface area (Å²) in [6, 6.07) is 5.92. The summed E-state index contributed by atoms with van der Waals surface area (Å²) in [5, 5.41) is 2.94. The number of hydrogen-bond donors (Lipinski definition) is 2.